The van der Waals surface area contributed by atoms with E-state index in [-0.39, 0.29) is 0 Å². The second-order valence-electron chi connectivity index (χ2n) is 6.77. The quantitative estimate of drug-likeness (QED) is 0.424. The van der Waals surface area contributed by atoms with Crippen molar-refractivity contribution in [1.29, 1.82) is 0 Å². The summed E-state index contributed by atoms with van der Waals surface area (Å²) in [6.07, 6.45) is 11.8. The second-order valence-corrected chi connectivity index (χ2v) is 6.77. The molecule has 0 spiro atoms. The molecule has 0 heterocycles. The monoisotopic (exact) mass is 279 g/mol. The Kier molecular flexibility index (Phi) is 11.9. The van der Waals surface area contributed by atoms with Gasteiger partial charge in [0, 0.05) is 19.6 Å². The van der Waals surface area contributed by atoms with Crippen LogP contribution in [-0.2, 0) is 0 Å². The highest BCUT2D eigenvalue weighted by Gasteiger charge is 2.13. The molecular weight excluding hydrogens is 242 g/mol. The van der Waals surface area contributed by atoms with Crippen LogP contribution in [0.5, 0.6) is 0 Å². The Morgan fingerprint density at radius 2 is 1.60 bits per heavy atom. The molecule has 0 aromatic heterocycles. The summed E-state index contributed by atoms with van der Waals surface area (Å²) < 4.78 is 0. The molecule has 2 atom stereocenters. The molecule has 0 rings (SSSR count). The predicted octanol–water partition coefficient (Wildman–Crippen LogP) is 5.54. The lowest BCUT2D eigenvalue weighted by Gasteiger charge is -2.29. The molecule has 0 aliphatic rings. The summed E-state index contributed by atoms with van der Waals surface area (Å²) in [5.74, 6) is 2.10. The van der Waals surface area contributed by atoms with Crippen molar-refractivity contribution >= 4 is 0 Å². The SMILES string of the molecule is C=CC(C)CN(CC(C)C)CC(C)CC/C=C\CCC. The zero-order valence-electron chi connectivity index (χ0n) is 14.6. The van der Waals surface area contributed by atoms with Crippen LogP contribution in [0.1, 0.15) is 60.3 Å². The highest BCUT2D eigenvalue weighted by Crippen LogP contribution is 2.13. The molecule has 1 nitrogen and oxygen atoms in total. The summed E-state index contributed by atoms with van der Waals surface area (Å²) in [6, 6.07) is 0. The molecule has 0 radical (unpaired) electrons. The van der Waals surface area contributed by atoms with Gasteiger partial charge in [0.1, 0.15) is 0 Å². The summed E-state index contributed by atoms with van der Waals surface area (Å²) in [7, 11) is 0. The normalized spacial score (nSPS) is 15.2. The standard InChI is InChI=1S/C19H37N/c1-7-9-10-11-12-13-19(6)16-20(14-17(3)4)15-18(5)8-2/h8,10-11,17-19H,2,7,9,12-16H2,1,3-6H3/b11-10-. The zero-order chi connectivity index (χ0) is 15.4. The average molecular weight is 280 g/mol. The summed E-state index contributed by atoms with van der Waals surface area (Å²) in [5, 5.41) is 0. The molecule has 20 heavy (non-hydrogen) atoms. The van der Waals surface area contributed by atoms with Crippen LogP contribution >= 0.6 is 0 Å². The molecule has 0 aromatic carbocycles. The topological polar surface area (TPSA) is 3.24 Å². The summed E-state index contributed by atoms with van der Waals surface area (Å²) in [6.45, 7) is 19.0. The molecule has 0 aliphatic carbocycles. The van der Waals surface area contributed by atoms with Crippen molar-refractivity contribution in [2.24, 2.45) is 17.8 Å². The van der Waals surface area contributed by atoms with Gasteiger partial charge in [0.2, 0.25) is 0 Å². The minimum absolute atomic E-state index is 0.588. The summed E-state index contributed by atoms with van der Waals surface area (Å²) in [4.78, 5) is 2.62. The van der Waals surface area contributed by atoms with E-state index in [4.69, 9.17) is 0 Å². The highest BCUT2D eigenvalue weighted by molar-refractivity contribution is 4.83. The zero-order valence-corrected chi connectivity index (χ0v) is 14.6. The third-order valence-corrected chi connectivity index (χ3v) is 3.59. The first-order chi connectivity index (χ1) is 9.49. The third kappa shape index (κ3) is 11.3. The van der Waals surface area contributed by atoms with Gasteiger partial charge in [-0.3, -0.25) is 0 Å². The van der Waals surface area contributed by atoms with Gasteiger partial charge in [0.05, 0.1) is 0 Å². The number of hydrogen-bond donors (Lipinski definition) is 0. The van der Waals surface area contributed by atoms with Crippen molar-refractivity contribution in [2.45, 2.75) is 60.3 Å². The van der Waals surface area contributed by atoms with Crippen molar-refractivity contribution in [3.05, 3.63) is 24.8 Å². The molecule has 0 fully saturated rings. The van der Waals surface area contributed by atoms with E-state index in [9.17, 15) is 0 Å². The molecule has 0 saturated carbocycles. The van der Waals surface area contributed by atoms with Crippen LogP contribution < -0.4 is 0 Å². The van der Waals surface area contributed by atoms with Crippen LogP contribution in [0.2, 0.25) is 0 Å². The largest absolute Gasteiger partial charge is 0.302 e. The smallest absolute Gasteiger partial charge is 0.00418 e. The average Bonchev–Trinajstić information content (AvgIpc) is 2.37. The van der Waals surface area contributed by atoms with Crippen molar-refractivity contribution in [2.75, 3.05) is 19.6 Å². The van der Waals surface area contributed by atoms with E-state index < -0.39 is 0 Å². The first-order valence-electron chi connectivity index (χ1n) is 8.49. The lowest BCUT2D eigenvalue weighted by Crippen LogP contribution is -2.35. The molecule has 0 amide bonds. The number of allylic oxidation sites excluding steroid dienone is 2. The second kappa shape index (κ2) is 12.2. The molecule has 0 aliphatic heterocycles. The van der Waals surface area contributed by atoms with Gasteiger partial charge in [-0.1, -0.05) is 59.3 Å². The molecule has 0 aromatic rings. The summed E-state index contributed by atoms with van der Waals surface area (Å²) >= 11 is 0. The third-order valence-electron chi connectivity index (χ3n) is 3.59. The molecule has 0 N–H and O–H groups in total. The van der Waals surface area contributed by atoms with E-state index in [1.165, 1.54) is 38.8 Å². The number of rotatable bonds is 12. The summed E-state index contributed by atoms with van der Waals surface area (Å²) in [5.41, 5.74) is 0. The van der Waals surface area contributed by atoms with Crippen LogP contribution in [0, 0.1) is 17.8 Å². The molecule has 118 valence electrons. The van der Waals surface area contributed by atoms with E-state index >= 15 is 0 Å². The highest BCUT2D eigenvalue weighted by atomic mass is 15.1. The first kappa shape index (κ1) is 19.4. The van der Waals surface area contributed by atoms with Crippen LogP contribution in [0.15, 0.2) is 24.8 Å². The van der Waals surface area contributed by atoms with Gasteiger partial charge < -0.3 is 4.90 Å². The van der Waals surface area contributed by atoms with Crippen molar-refractivity contribution in [3.8, 4) is 0 Å². The van der Waals surface area contributed by atoms with Gasteiger partial charge in [0.25, 0.3) is 0 Å². The fraction of sp³-hybridized carbons (Fsp3) is 0.789. The lowest BCUT2D eigenvalue weighted by atomic mass is 10.0. The number of hydrogen-bond acceptors (Lipinski definition) is 1. The Labute approximate surface area is 128 Å². The van der Waals surface area contributed by atoms with Crippen LogP contribution in [0.3, 0.4) is 0 Å². The maximum atomic E-state index is 3.91. The van der Waals surface area contributed by atoms with E-state index in [0.717, 1.165) is 18.4 Å². The molecule has 0 bridgehead atoms. The Hall–Kier alpha value is -0.560. The van der Waals surface area contributed by atoms with E-state index in [1.807, 2.05) is 0 Å². The molecule has 2 unspecified atom stereocenters. The molecular formula is C19H37N. The van der Waals surface area contributed by atoms with Gasteiger partial charge in [0.15, 0.2) is 0 Å². The number of unbranched alkanes of at least 4 members (excludes halogenated alkanes) is 1. The van der Waals surface area contributed by atoms with Gasteiger partial charge in [-0.25, -0.2) is 0 Å². The fourth-order valence-electron chi connectivity index (χ4n) is 2.54. The van der Waals surface area contributed by atoms with Crippen LogP contribution in [0.4, 0.5) is 0 Å². The van der Waals surface area contributed by atoms with Crippen molar-refractivity contribution in [3.63, 3.8) is 0 Å². The maximum Gasteiger partial charge on any atom is 0.00418 e. The van der Waals surface area contributed by atoms with Gasteiger partial charge in [-0.2, -0.15) is 0 Å². The first-order valence-corrected chi connectivity index (χ1v) is 8.49. The Morgan fingerprint density at radius 1 is 0.950 bits per heavy atom. The molecule has 0 saturated heterocycles. The Morgan fingerprint density at radius 3 is 2.15 bits per heavy atom. The van der Waals surface area contributed by atoms with E-state index in [0.29, 0.717) is 5.92 Å². The Balaban J connectivity index is 4.09. The van der Waals surface area contributed by atoms with Crippen LogP contribution in [0.25, 0.3) is 0 Å². The van der Waals surface area contributed by atoms with E-state index in [2.05, 4.69) is 64.3 Å². The number of nitrogens with zero attached hydrogens (tertiary/aromatic N) is 1. The van der Waals surface area contributed by atoms with Gasteiger partial charge in [-0.05, 0) is 37.0 Å². The minimum Gasteiger partial charge on any atom is -0.302 e. The molecule has 1 heteroatoms. The van der Waals surface area contributed by atoms with Crippen molar-refractivity contribution in [1.82, 2.24) is 4.90 Å². The fourth-order valence-corrected chi connectivity index (χ4v) is 2.54. The Bertz CT molecular complexity index is 254. The predicted molar refractivity (Wildman–Crippen MR) is 93.1 cm³/mol. The van der Waals surface area contributed by atoms with Gasteiger partial charge >= 0.3 is 0 Å². The minimum atomic E-state index is 0.588. The maximum absolute atomic E-state index is 3.91. The van der Waals surface area contributed by atoms with E-state index in [1.54, 1.807) is 0 Å². The van der Waals surface area contributed by atoms with Crippen LogP contribution in [-0.4, -0.2) is 24.5 Å². The lowest BCUT2D eigenvalue weighted by molar-refractivity contribution is 0.196. The van der Waals surface area contributed by atoms with Crippen molar-refractivity contribution < 1.29 is 0 Å². The van der Waals surface area contributed by atoms with Gasteiger partial charge in [-0.15, -0.1) is 6.58 Å².